The molecular formula is C16H29N3O4. The van der Waals surface area contributed by atoms with Crippen LogP contribution in [0.4, 0.5) is 0 Å². The summed E-state index contributed by atoms with van der Waals surface area (Å²) in [5.74, 6) is 0.0158. The zero-order valence-electron chi connectivity index (χ0n) is 14.2. The molecule has 0 aromatic heterocycles. The lowest BCUT2D eigenvalue weighted by Gasteiger charge is -2.38. The number of carbonyl (C=O) groups excluding carboxylic acids is 2. The SMILES string of the molecule is CCOC[C@H](O)CN1CCN(C(=O)[C@H]2CCN(C)C(=O)C2)CC1. The van der Waals surface area contributed by atoms with Gasteiger partial charge in [0.1, 0.15) is 0 Å². The highest BCUT2D eigenvalue weighted by Crippen LogP contribution is 2.20. The van der Waals surface area contributed by atoms with Crippen molar-refractivity contribution in [3.05, 3.63) is 0 Å². The van der Waals surface area contributed by atoms with Crippen molar-refractivity contribution in [3.8, 4) is 0 Å². The molecule has 0 unspecified atom stereocenters. The highest BCUT2D eigenvalue weighted by molar-refractivity contribution is 5.86. The van der Waals surface area contributed by atoms with Crippen molar-refractivity contribution in [2.24, 2.45) is 5.92 Å². The zero-order valence-corrected chi connectivity index (χ0v) is 14.2. The molecule has 2 amide bonds. The van der Waals surface area contributed by atoms with Gasteiger partial charge in [-0.2, -0.15) is 0 Å². The molecule has 0 saturated carbocycles. The minimum atomic E-state index is -0.483. The maximum absolute atomic E-state index is 12.5. The number of β-amino-alcohol motifs (C(OH)–C–C–N with tert-alkyl or cyclic N) is 1. The van der Waals surface area contributed by atoms with Gasteiger partial charge in [0.2, 0.25) is 11.8 Å². The first-order chi connectivity index (χ1) is 11.0. The highest BCUT2D eigenvalue weighted by atomic mass is 16.5. The number of aliphatic hydroxyl groups is 1. The van der Waals surface area contributed by atoms with Gasteiger partial charge >= 0.3 is 0 Å². The maximum Gasteiger partial charge on any atom is 0.226 e. The molecule has 132 valence electrons. The lowest BCUT2D eigenvalue weighted by molar-refractivity contribution is -0.145. The standard InChI is InChI=1S/C16H29N3O4/c1-3-23-12-14(20)11-18-6-8-19(9-7-18)16(22)13-4-5-17(2)15(21)10-13/h13-14,20H,3-12H2,1-2H3/t13-,14+/m0/s1. The molecule has 2 rings (SSSR count). The number of hydrogen-bond acceptors (Lipinski definition) is 5. The van der Waals surface area contributed by atoms with Crippen molar-refractivity contribution in [2.45, 2.75) is 25.9 Å². The summed E-state index contributed by atoms with van der Waals surface area (Å²) in [5, 5.41) is 9.88. The largest absolute Gasteiger partial charge is 0.389 e. The summed E-state index contributed by atoms with van der Waals surface area (Å²) in [6.45, 7) is 6.97. The van der Waals surface area contributed by atoms with Gasteiger partial charge in [0, 0.05) is 65.3 Å². The third-order valence-corrected chi connectivity index (χ3v) is 4.68. The molecule has 0 bridgehead atoms. The topological polar surface area (TPSA) is 73.3 Å². The van der Waals surface area contributed by atoms with Crippen LogP contribution < -0.4 is 0 Å². The van der Waals surface area contributed by atoms with E-state index >= 15 is 0 Å². The Balaban J connectivity index is 1.73. The van der Waals surface area contributed by atoms with Crippen LogP contribution in [-0.4, -0.2) is 97.3 Å². The minimum absolute atomic E-state index is 0.0623. The molecule has 0 spiro atoms. The number of nitrogens with zero attached hydrogens (tertiary/aromatic N) is 3. The van der Waals surface area contributed by atoms with Gasteiger partial charge in [0.15, 0.2) is 0 Å². The monoisotopic (exact) mass is 327 g/mol. The number of likely N-dealkylation sites (tertiary alicyclic amines) is 1. The smallest absolute Gasteiger partial charge is 0.226 e. The predicted octanol–water partition coefficient (Wildman–Crippen LogP) is -0.604. The number of aliphatic hydroxyl groups excluding tert-OH is 1. The van der Waals surface area contributed by atoms with Crippen molar-refractivity contribution in [2.75, 3.05) is 59.5 Å². The molecule has 2 aliphatic rings. The summed E-state index contributed by atoms with van der Waals surface area (Å²) >= 11 is 0. The molecular weight excluding hydrogens is 298 g/mol. The van der Waals surface area contributed by atoms with Crippen LogP contribution in [0.5, 0.6) is 0 Å². The number of ether oxygens (including phenoxy) is 1. The predicted molar refractivity (Wildman–Crippen MR) is 85.9 cm³/mol. The van der Waals surface area contributed by atoms with Gasteiger partial charge in [0.25, 0.3) is 0 Å². The Hall–Kier alpha value is -1.18. The molecule has 0 aromatic carbocycles. The summed E-state index contributed by atoms with van der Waals surface area (Å²) < 4.78 is 5.22. The Morgan fingerprint density at radius 3 is 2.61 bits per heavy atom. The van der Waals surface area contributed by atoms with E-state index in [1.165, 1.54) is 0 Å². The number of piperidine rings is 1. The minimum Gasteiger partial charge on any atom is -0.389 e. The van der Waals surface area contributed by atoms with E-state index in [0.717, 1.165) is 19.5 Å². The second kappa shape index (κ2) is 8.61. The van der Waals surface area contributed by atoms with Crippen molar-refractivity contribution in [1.29, 1.82) is 0 Å². The van der Waals surface area contributed by atoms with E-state index in [1.54, 1.807) is 11.9 Å². The molecule has 0 radical (unpaired) electrons. The third kappa shape index (κ3) is 5.16. The Morgan fingerprint density at radius 2 is 2.00 bits per heavy atom. The number of carbonyl (C=O) groups is 2. The number of amides is 2. The van der Waals surface area contributed by atoms with E-state index in [1.807, 2.05) is 11.8 Å². The fourth-order valence-electron chi connectivity index (χ4n) is 3.17. The van der Waals surface area contributed by atoms with Gasteiger partial charge in [-0.05, 0) is 13.3 Å². The quantitative estimate of drug-likeness (QED) is 0.705. The van der Waals surface area contributed by atoms with E-state index in [2.05, 4.69) is 4.90 Å². The Morgan fingerprint density at radius 1 is 1.30 bits per heavy atom. The maximum atomic E-state index is 12.5. The van der Waals surface area contributed by atoms with Crippen LogP contribution in [0.25, 0.3) is 0 Å². The number of hydrogen-bond donors (Lipinski definition) is 1. The fourth-order valence-corrected chi connectivity index (χ4v) is 3.17. The summed E-state index contributed by atoms with van der Waals surface area (Å²) in [4.78, 5) is 30.0. The molecule has 2 saturated heterocycles. The first-order valence-electron chi connectivity index (χ1n) is 8.52. The lowest BCUT2D eigenvalue weighted by atomic mass is 9.94. The van der Waals surface area contributed by atoms with Crippen LogP contribution >= 0.6 is 0 Å². The first-order valence-corrected chi connectivity index (χ1v) is 8.52. The summed E-state index contributed by atoms with van der Waals surface area (Å²) in [7, 11) is 1.79. The van der Waals surface area contributed by atoms with E-state index in [0.29, 0.717) is 45.8 Å². The molecule has 0 aromatic rings. The average molecular weight is 327 g/mol. The van der Waals surface area contributed by atoms with Crippen molar-refractivity contribution in [3.63, 3.8) is 0 Å². The normalized spacial score (nSPS) is 24.8. The highest BCUT2D eigenvalue weighted by Gasteiger charge is 2.33. The van der Waals surface area contributed by atoms with Gasteiger partial charge in [-0.3, -0.25) is 14.5 Å². The van der Waals surface area contributed by atoms with Crippen LogP contribution in [0.1, 0.15) is 19.8 Å². The molecule has 1 N–H and O–H groups in total. The molecule has 23 heavy (non-hydrogen) atoms. The van der Waals surface area contributed by atoms with Gasteiger partial charge in [-0.1, -0.05) is 0 Å². The second-order valence-corrected chi connectivity index (χ2v) is 6.44. The van der Waals surface area contributed by atoms with Crippen LogP contribution in [0.2, 0.25) is 0 Å². The molecule has 2 fully saturated rings. The first kappa shape index (κ1) is 18.2. The van der Waals surface area contributed by atoms with E-state index in [9.17, 15) is 14.7 Å². The van der Waals surface area contributed by atoms with Crippen LogP contribution in [0, 0.1) is 5.92 Å². The molecule has 2 aliphatic heterocycles. The Bertz CT molecular complexity index is 410. The molecule has 7 heteroatoms. The van der Waals surface area contributed by atoms with Gasteiger partial charge in [-0.25, -0.2) is 0 Å². The third-order valence-electron chi connectivity index (χ3n) is 4.68. The average Bonchev–Trinajstić information content (AvgIpc) is 2.55. The zero-order chi connectivity index (χ0) is 16.8. The van der Waals surface area contributed by atoms with Crippen LogP contribution in [0.15, 0.2) is 0 Å². The molecule has 2 heterocycles. The number of rotatable bonds is 6. The van der Waals surface area contributed by atoms with Crippen molar-refractivity contribution < 1.29 is 19.4 Å². The van der Waals surface area contributed by atoms with Crippen molar-refractivity contribution >= 4 is 11.8 Å². The van der Waals surface area contributed by atoms with Gasteiger partial charge in [0.05, 0.1) is 12.7 Å². The van der Waals surface area contributed by atoms with Crippen molar-refractivity contribution in [1.82, 2.24) is 14.7 Å². The summed E-state index contributed by atoms with van der Waals surface area (Å²) in [6.07, 6.45) is 0.612. The summed E-state index contributed by atoms with van der Waals surface area (Å²) in [6, 6.07) is 0. The fraction of sp³-hybridized carbons (Fsp3) is 0.875. The van der Waals surface area contributed by atoms with Gasteiger partial charge in [-0.15, -0.1) is 0 Å². The second-order valence-electron chi connectivity index (χ2n) is 6.44. The van der Waals surface area contributed by atoms with E-state index < -0.39 is 6.10 Å². The number of piperazine rings is 1. The Labute approximate surface area is 138 Å². The lowest BCUT2D eigenvalue weighted by Crippen LogP contribution is -2.53. The van der Waals surface area contributed by atoms with E-state index in [-0.39, 0.29) is 17.7 Å². The molecule has 2 atom stereocenters. The van der Waals surface area contributed by atoms with Crippen LogP contribution in [-0.2, 0) is 14.3 Å². The van der Waals surface area contributed by atoms with E-state index in [4.69, 9.17) is 4.74 Å². The van der Waals surface area contributed by atoms with Gasteiger partial charge < -0.3 is 19.6 Å². The molecule has 7 nitrogen and oxygen atoms in total. The van der Waals surface area contributed by atoms with Crippen LogP contribution in [0.3, 0.4) is 0 Å². The summed E-state index contributed by atoms with van der Waals surface area (Å²) in [5.41, 5.74) is 0. The Kier molecular flexibility index (Phi) is 6.80. The molecule has 0 aliphatic carbocycles.